The second-order valence-corrected chi connectivity index (χ2v) is 8.60. The van der Waals surface area contributed by atoms with Gasteiger partial charge in [-0.15, -0.1) is 11.8 Å². The number of amides is 1. The number of benzene rings is 1. The van der Waals surface area contributed by atoms with Gasteiger partial charge in [-0.1, -0.05) is 20.8 Å². The third kappa shape index (κ3) is 3.74. The topological polar surface area (TPSA) is 79.7 Å². The number of aromatic nitrogens is 1. The number of carbonyl (C=O) groups is 2. The molecule has 2 heterocycles. The molecule has 6 nitrogen and oxygen atoms in total. The minimum atomic E-state index is -0.835. The van der Waals surface area contributed by atoms with Crippen molar-refractivity contribution < 1.29 is 19.4 Å². The molecule has 1 N–H and O–H groups in total. The first-order chi connectivity index (χ1) is 13.7. The Balaban J connectivity index is 2.22. The van der Waals surface area contributed by atoms with E-state index in [9.17, 15) is 14.7 Å². The Labute approximate surface area is 174 Å². The van der Waals surface area contributed by atoms with Gasteiger partial charge in [0.05, 0.1) is 12.7 Å². The van der Waals surface area contributed by atoms with Gasteiger partial charge in [-0.2, -0.15) is 0 Å². The highest BCUT2D eigenvalue weighted by Gasteiger charge is 2.47. The van der Waals surface area contributed by atoms with Crippen LogP contribution in [0.4, 0.5) is 5.69 Å². The van der Waals surface area contributed by atoms with Gasteiger partial charge in [-0.3, -0.25) is 14.5 Å². The quantitative estimate of drug-likeness (QED) is 0.737. The van der Waals surface area contributed by atoms with Crippen molar-refractivity contribution in [1.29, 1.82) is 0 Å². The Morgan fingerprint density at radius 1 is 1.21 bits per heavy atom. The Morgan fingerprint density at radius 2 is 1.86 bits per heavy atom. The molecule has 1 aliphatic heterocycles. The van der Waals surface area contributed by atoms with Crippen molar-refractivity contribution in [1.82, 2.24) is 4.98 Å². The van der Waals surface area contributed by atoms with E-state index in [-0.39, 0.29) is 11.4 Å². The van der Waals surface area contributed by atoms with Gasteiger partial charge >= 0.3 is 0 Å². The normalized spacial score (nSPS) is 17.1. The standard InChI is InChI=1S/C22H24N2O4S/c1-22(2,3)19(26)16-17(15-7-6-12-23-20(15)28-4)24(21(27)18(16)25)13-8-10-14(29-5)11-9-13/h6-12,17,25H,1-5H3. The lowest BCUT2D eigenvalue weighted by molar-refractivity contribution is -0.123. The molecule has 29 heavy (non-hydrogen) atoms. The molecule has 1 atom stereocenters. The summed E-state index contributed by atoms with van der Waals surface area (Å²) in [7, 11) is 1.48. The highest BCUT2D eigenvalue weighted by molar-refractivity contribution is 7.98. The van der Waals surface area contributed by atoms with E-state index in [2.05, 4.69) is 4.98 Å². The van der Waals surface area contributed by atoms with Crippen LogP contribution in [0.15, 0.2) is 58.8 Å². The van der Waals surface area contributed by atoms with E-state index in [0.717, 1.165) is 4.90 Å². The van der Waals surface area contributed by atoms with Crippen LogP contribution in [0.1, 0.15) is 32.4 Å². The molecule has 1 unspecified atom stereocenters. The fraction of sp³-hybridized carbons (Fsp3) is 0.318. The van der Waals surface area contributed by atoms with E-state index >= 15 is 0 Å². The van der Waals surface area contributed by atoms with Crippen molar-refractivity contribution in [3.63, 3.8) is 0 Å². The summed E-state index contributed by atoms with van der Waals surface area (Å²) in [6, 6.07) is 10.0. The maximum absolute atomic E-state index is 13.2. The summed E-state index contributed by atoms with van der Waals surface area (Å²) < 4.78 is 5.39. The predicted molar refractivity (Wildman–Crippen MR) is 113 cm³/mol. The second kappa shape index (κ2) is 7.91. The number of pyridine rings is 1. The summed E-state index contributed by atoms with van der Waals surface area (Å²) >= 11 is 1.59. The van der Waals surface area contributed by atoms with Crippen LogP contribution < -0.4 is 9.64 Å². The number of rotatable bonds is 5. The summed E-state index contributed by atoms with van der Waals surface area (Å²) in [6.07, 6.45) is 3.54. The fourth-order valence-corrected chi connectivity index (χ4v) is 3.73. The number of anilines is 1. The number of ether oxygens (including phenoxy) is 1. The summed E-state index contributed by atoms with van der Waals surface area (Å²) in [5.74, 6) is -1.16. The van der Waals surface area contributed by atoms with Crippen molar-refractivity contribution in [2.45, 2.75) is 31.7 Å². The molecule has 1 aromatic carbocycles. The van der Waals surface area contributed by atoms with E-state index in [1.165, 1.54) is 12.0 Å². The van der Waals surface area contributed by atoms with Crippen LogP contribution >= 0.6 is 11.8 Å². The Kier molecular flexibility index (Phi) is 5.71. The number of thioether (sulfide) groups is 1. The number of hydrogen-bond donors (Lipinski definition) is 1. The van der Waals surface area contributed by atoms with Crippen molar-refractivity contribution in [2.24, 2.45) is 5.41 Å². The Morgan fingerprint density at radius 3 is 2.41 bits per heavy atom. The first-order valence-corrected chi connectivity index (χ1v) is 10.4. The van der Waals surface area contributed by atoms with Gasteiger partial charge < -0.3 is 9.84 Å². The molecule has 3 rings (SSSR count). The smallest absolute Gasteiger partial charge is 0.294 e. The fourth-order valence-electron chi connectivity index (χ4n) is 3.33. The monoisotopic (exact) mass is 412 g/mol. The zero-order chi connectivity index (χ0) is 21.3. The number of aliphatic hydroxyl groups excluding tert-OH is 1. The highest BCUT2D eigenvalue weighted by atomic mass is 32.2. The Bertz CT molecular complexity index is 977. The van der Waals surface area contributed by atoms with Crippen molar-refractivity contribution >= 4 is 29.1 Å². The van der Waals surface area contributed by atoms with Crippen LogP contribution in [-0.4, -0.2) is 35.1 Å². The third-order valence-corrected chi connectivity index (χ3v) is 5.52. The van der Waals surface area contributed by atoms with Crippen LogP contribution in [-0.2, 0) is 9.59 Å². The average molecular weight is 413 g/mol. The molecule has 0 fully saturated rings. The molecule has 0 spiro atoms. The predicted octanol–water partition coefficient (Wildman–Crippen LogP) is 4.33. The molecule has 0 aliphatic carbocycles. The molecule has 7 heteroatoms. The van der Waals surface area contributed by atoms with Gasteiger partial charge in [-0.05, 0) is 42.7 Å². The van der Waals surface area contributed by atoms with Gasteiger partial charge in [0.1, 0.15) is 6.04 Å². The number of nitrogens with zero attached hydrogens (tertiary/aromatic N) is 2. The first kappa shape index (κ1) is 20.9. The van der Waals surface area contributed by atoms with Crippen LogP contribution in [0.25, 0.3) is 0 Å². The minimum Gasteiger partial charge on any atom is -0.503 e. The average Bonchev–Trinajstić information content (AvgIpc) is 2.97. The van der Waals surface area contributed by atoms with E-state index < -0.39 is 23.1 Å². The molecular formula is C22H24N2O4S. The van der Waals surface area contributed by atoms with E-state index in [1.807, 2.05) is 18.4 Å². The number of hydrogen-bond acceptors (Lipinski definition) is 6. The summed E-state index contributed by atoms with van der Waals surface area (Å²) in [6.45, 7) is 5.27. The number of Topliss-reactive ketones (excluding diaryl/α,β-unsaturated/α-hetero) is 1. The van der Waals surface area contributed by atoms with E-state index in [1.54, 1.807) is 63.0 Å². The lowest BCUT2D eigenvalue weighted by Gasteiger charge is -2.29. The number of carbonyl (C=O) groups excluding carboxylic acids is 2. The van der Waals surface area contributed by atoms with E-state index in [0.29, 0.717) is 17.1 Å². The largest absolute Gasteiger partial charge is 0.503 e. The molecule has 1 aliphatic rings. The molecule has 152 valence electrons. The van der Waals surface area contributed by atoms with E-state index in [4.69, 9.17) is 4.74 Å². The maximum atomic E-state index is 13.2. The molecule has 1 amide bonds. The van der Waals surface area contributed by atoms with Crippen molar-refractivity contribution in [3.05, 3.63) is 59.5 Å². The number of methoxy groups -OCH3 is 1. The highest BCUT2D eigenvalue weighted by Crippen LogP contribution is 2.45. The van der Waals surface area contributed by atoms with Crippen LogP contribution in [0.3, 0.4) is 0 Å². The van der Waals surface area contributed by atoms with Gasteiger partial charge in [0.2, 0.25) is 5.88 Å². The van der Waals surface area contributed by atoms with Gasteiger partial charge in [0.15, 0.2) is 11.5 Å². The molecule has 0 radical (unpaired) electrons. The van der Waals surface area contributed by atoms with Crippen molar-refractivity contribution in [3.8, 4) is 5.88 Å². The minimum absolute atomic E-state index is 0.0581. The summed E-state index contributed by atoms with van der Waals surface area (Å²) in [4.78, 5) is 33.0. The van der Waals surface area contributed by atoms with Gasteiger partial charge in [0.25, 0.3) is 5.91 Å². The molecule has 0 saturated carbocycles. The number of ketones is 1. The van der Waals surface area contributed by atoms with Gasteiger partial charge in [0, 0.05) is 27.8 Å². The molecule has 0 saturated heterocycles. The molecule has 1 aromatic heterocycles. The van der Waals surface area contributed by atoms with Crippen LogP contribution in [0.2, 0.25) is 0 Å². The van der Waals surface area contributed by atoms with Gasteiger partial charge in [-0.25, -0.2) is 4.98 Å². The SMILES string of the molecule is COc1ncccc1C1C(C(=O)C(C)(C)C)=C(O)C(=O)N1c1ccc(SC)cc1. The molecule has 2 aromatic rings. The number of aliphatic hydroxyl groups is 1. The Hall–Kier alpha value is -2.80. The molecule has 0 bridgehead atoms. The third-order valence-electron chi connectivity index (χ3n) is 4.77. The summed E-state index contributed by atoms with van der Waals surface area (Å²) in [5, 5.41) is 10.7. The summed E-state index contributed by atoms with van der Waals surface area (Å²) in [5.41, 5.74) is 0.388. The zero-order valence-corrected chi connectivity index (χ0v) is 17.9. The van der Waals surface area contributed by atoms with Crippen LogP contribution in [0.5, 0.6) is 5.88 Å². The first-order valence-electron chi connectivity index (χ1n) is 9.15. The van der Waals surface area contributed by atoms with Crippen molar-refractivity contribution in [2.75, 3.05) is 18.3 Å². The second-order valence-electron chi connectivity index (χ2n) is 7.72. The lowest BCUT2D eigenvalue weighted by atomic mass is 9.82. The lowest BCUT2D eigenvalue weighted by Crippen LogP contribution is -2.33. The zero-order valence-electron chi connectivity index (χ0n) is 17.1. The maximum Gasteiger partial charge on any atom is 0.294 e. The van der Waals surface area contributed by atoms with Crippen LogP contribution in [0, 0.1) is 5.41 Å². The molecular weight excluding hydrogens is 388 g/mol.